The molecule has 0 radical (unpaired) electrons. The highest BCUT2D eigenvalue weighted by Gasteiger charge is 2.10. The van der Waals surface area contributed by atoms with E-state index in [1.807, 2.05) is 12.2 Å². The molecule has 17 heavy (non-hydrogen) atoms. The minimum absolute atomic E-state index is 0.124. The van der Waals surface area contributed by atoms with Crippen LogP contribution in [0.15, 0.2) is 41.3 Å². The lowest BCUT2D eigenvalue weighted by molar-refractivity contribution is 0.597. The van der Waals surface area contributed by atoms with Crippen molar-refractivity contribution in [2.75, 3.05) is 24.2 Å². The van der Waals surface area contributed by atoms with Gasteiger partial charge < -0.3 is 11.1 Å². The summed E-state index contributed by atoms with van der Waals surface area (Å²) in [7, 11) is -3.10. The van der Waals surface area contributed by atoms with E-state index in [4.69, 9.17) is 5.73 Å². The molecule has 0 spiro atoms. The van der Waals surface area contributed by atoms with Gasteiger partial charge in [0.1, 0.15) is 0 Å². The van der Waals surface area contributed by atoms with E-state index < -0.39 is 9.84 Å². The standard InChI is InChI=1S/C12H18N2O2S/c1-2-17(15,16)12-7-5-11(6-8-12)14-10-4-3-9-13/h3-8,14H,2,9-10,13H2,1H3/b4-3+. The molecule has 0 amide bonds. The van der Waals surface area contributed by atoms with Crippen molar-refractivity contribution in [3.05, 3.63) is 36.4 Å². The van der Waals surface area contributed by atoms with Crippen LogP contribution in [-0.4, -0.2) is 27.3 Å². The summed E-state index contributed by atoms with van der Waals surface area (Å²) in [6, 6.07) is 6.76. The lowest BCUT2D eigenvalue weighted by atomic mass is 10.3. The zero-order valence-electron chi connectivity index (χ0n) is 9.89. The van der Waals surface area contributed by atoms with Crippen LogP contribution in [0.25, 0.3) is 0 Å². The molecule has 0 unspecified atom stereocenters. The van der Waals surface area contributed by atoms with E-state index in [1.54, 1.807) is 31.2 Å². The fraction of sp³-hybridized carbons (Fsp3) is 0.333. The third kappa shape index (κ3) is 4.20. The lowest BCUT2D eigenvalue weighted by Crippen LogP contribution is -2.04. The maximum atomic E-state index is 11.6. The van der Waals surface area contributed by atoms with Gasteiger partial charge in [-0.15, -0.1) is 0 Å². The monoisotopic (exact) mass is 254 g/mol. The molecule has 0 aliphatic rings. The molecule has 4 nitrogen and oxygen atoms in total. The molecule has 0 saturated carbocycles. The Morgan fingerprint density at radius 2 is 1.88 bits per heavy atom. The van der Waals surface area contributed by atoms with E-state index in [-0.39, 0.29) is 5.75 Å². The Bertz CT molecular complexity index is 464. The van der Waals surface area contributed by atoms with Gasteiger partial charge in [0.25, 0.3) is 0 Å². The minimum atomic E-state index is -3.10. The van der Waals surface area contributed by atoms with E-state index in [0.29, 0.717) is 18.0 Å². The summed E-state index contributed by atoms with van der Waals surface area (Å²) in [5, 5.41) is 3.14. The third-order valence-electron chi connectivity index (χ3n) is 2.32. The Morgan fingerprint density at radius 1 is 1.24 bits per heavy atom. The largest absolute Gasteiger partial charge is 0.382 e. The molecule has 0 bridgehead atoms. The summed E-state index contributed by atoms with van der Waals surface area (Å²) in [6.45, 7) is 2.84. The highest BCUT2D eigenvalue weighted by Crippen LogP contribution is 2.14. The Hall–Kier alpha value is -1.33. The molecule has 94 valence electrons. The van der Waals surface area contributed by atoms with Crippen LogP contribution in [-0.2, 0) is 9.84 Å². The van der Waals surface area contributed by atoms with Crippen LogP contribution in [0.5, 0.6) is 0 Å². The normalized spacial score (nSPS) is 11.9. The second kappa shape index (κ2) is 6.42. The van der Waals surface area contributed by atoms with Crippen LogP contribution in [0.3, 0.4) is 0 Å². The molecular weight excluding hydrogens is 236 g/mol. The van der Waals surface area contributed by atoms with Crippen molar-refractivity contribution in [2.24, 2.45) is 5.73 Å². The number of rotatable bonds is 6. The van der Waals surface area contributed by atoms with Crippen LogP contribution in [0.4, 0.5) is 5.69 Å². The maximum absolute atomic E-state index is 11.6. The first-order chi connectivity index (χ1) is 8.10. The number of benzene rings is 1. The summed E-state index contributed by atoms with van der Waals surface area (Å²) in [6.07, 6.45) is 3.79. The predicted molar refractivity (Wildman–Crippen MR) is 70.9 cm³/mol. The van der Waals surface area contributed by atoms with Gasteiger partial charge in [-0.05, 0) is 24.3 Å². The number of nitrogens with one attached hydrogen (secondary N) is 1. The van der Waals surface area contributed by atoms with Gasteiger partial charge in [0.2, 0.25) is 0 Å². The van der Waals surface area contributed by atoms with Crippen LogP contribution in [0, 0.1) is 0 Å². The number of hydrogen-bond donors (Lipinski definition) is 2. The zero-order chi connectivity index (χ0) is 12.7. The lowest BCUT2D eigenvalue weighted by Gasteiger charge is -2.05. The van der Waals surface area contributed by atoms with Crippen molar-refractivity contribution in [3.8, 4) is 0 Å². The van der Waals surface area contributed by atoms with Gasteiger partial charge in [0.05, 0.1) is 10.6 Å². The maximum Gasteiger partial charge on any atom is 0.178 e. The summed E-state index contributed by atoms with van der Waals surface area (Å²) in [5.41, 5.74) is 6.20. The zero-order valence-corrected chi connectivity index (χ0v) is 10.7. The van der Waals surface area contributed by atoms with Crippen molar-refractivity contribution in [1.29, 1.82) is 0 Å². The van der Waals surface area contributed by atoms with Crippen LogP contribution in [0.2, 0.25) is 0 Å². The first-order valence-electron chi connectivity index (χ1n) is 5.52. The topological polar surface area (TPSA) is 72.2 Å². The van der Waals surface area contributed by atoms with Crippen molar-refractivity contribution >= 4 is 15.5 Å². The van der Waals surface area contributed by atoms with Crippen molar-refractivity contribution in [2.45, 2.75) is 11.8 Å². The Morgan fingerprint density at radius 3 is 2.41 bits per heavy atom. The molecule has 1 aromatic carbocycles. The van der Waals surface area contributed by atoms with Gasteiger partial charge in [-0.2, -0.15) is 0 Å². The number of anilines is 1. The second-order valence-electron chi connectivity index (χ2n) is 3.52. The molecule has 0 fully saturated rings. The van der Waals surface area contributed by atoms with E-state index in [2.05, 4.69) is 5.32 Å². The SMILES string of the molecule is CCS(=O)(=O)c1ccc(NC/C=C/CN)cc1. The molecule has 0 aromatic heterocycles. The molecule has 0 atom stereocenters. The van der Waals surface area contributed by atoms with Crippen molar-refractivity contribution in [3.63, 3.8) is 0 Å². The minimum Gasteiger partial charge on any atom is -0.382 e. The van der Waals surface area contributed by atoms with Gasteiger partial charge in [-0.1, -0.05) is 19.1 Å². The number of nitrogens with two attached hydrogens (primary N) is 1. The first-order valence-corrected chi connectivity index (χ1v) is 7.17. The molecule has 0 aliphatic carbocycles. The fourth-order valence-electron chi connectivity index (χ4n) is 1.30. The van der Waals surface area contributed by atoms with Gasteiger partial charge in [0, 0.05) is 18.8 Å². The molecule has 3 N–H and O–H groups in total. The van der Waals surface area contributed by atoms with Crippen molar-refractivity contribution < 1.29 is 8.42 Å². The highest BCUT2D eigenvalue weighted by atomic mass is 32.2. The summed E-state index contributed by atoms with van der Waals surface area (Å²) in [4.78, 5) is 0.364. The molecule has 0 saturated heterocycles. The van der Waals surface area contributed by atoms with Gasteiger partial charge in [-0.25, -0.2) is 8.42 Å². The number of sulfone groups is 1. The fourth-order valence-corrected chi connectivity index (χ4v) is 2.19. The van der Waals surface area contributed by atoms with E-state index in [1.165, 1.54) is 0 Å². The van der Waals surface area contributed by atoms with E-state index >= 15 is 0 Å². The predicted octanol–water partition coefficient (Wildman–Crippen LogP) is 1.41. The summed E-state index contributed by atoms with van der Waals surface area (Å²) in [5.74, 6) is 0.124. The average Bonchev–Trinajstić information content (AvgIpc) is 2.35. The molecular formula is C12H18N2O2S. The third-order valence-corrected chi connectivity index (χ3v) is 4.07. The van der Waals surface area contributed by atoms with Crippen LogP contribution in [0.1, 0.15) is 6.92 Å². The molecule has 1 rings (SSSR count). The van der Waals surface area contributed by atoms with Crippen LogP contribution >= 0.6 is 0 Å². The molecule has 5 heteroatoms. The Labute approximate surface area is 102 Å². The Kier molecular flexibility index (Phi) is 5.18. The van der Waals surface area contributed by atoms with Crippen molar-refractivity contribution in [1.82, 2.24) is 0 Å². The average molecular weight is 254 g/mol. The second-order valence-corrected chi connectivity index (χ2v) is 5.79. The quantitative estimate of drug-likeness (QED) is 0.753. The smallest absolute Gasteiger partial charge is 0.178 e. The van der Waals surface area contributed by atoms with E-state index in [0.717, 1.165) is 5.69 Å². The van der Waals surface area contributed by atoms with Gasteiger partial charge >= 0.3 is 0 Å². The van der Waals surface area contributed by atoms with Gasteiger partial charge in [-0.3, -0.25) is 0 Å². The summed E-state index contributed by atoms with van der Waals surface area (Å²) >= 11 is 0. The first kappa shape index (κ1) is 13.7. The summed E-state index contributed by atoms with van der Waals surface area (Å²) < 4.78 is 23.1. The molecule has 1 aromatic rings. The molecule has 0 heterocycles. The Balaban J connectivity index is 2.66. The highest BCUT2D eigenvalue weighted by molar-refractivity contribution is 7.91. The van der Waals surface area contributed by atoms with E-state index in [9.17, 15) is 8.42 Å². The molecule has 0 aliphatic heterocycles. The van der Waals surface area contributed by atoms with Crippen LogP contribution < -0.4 is 11.1 Å². The van der Waals surface area contributed by atoms with Gasteiger partial charge in [0.15, 0.2) is 9.84 Å². The number of hydrogen-bond acceptors (Lipinski definition) is 4.